The van der Waals surface area contributed by atoms with E-state index < -0.39 is 34.8 Å². The van der Waals surface area contributed by atoms with Crippen LogP contribution in [0.4, 0.5) is 13.2 Å². The standard InChI is InChI=1S/C9H5BrF3N3O2/c1-18-4-2-3-16-7(17)5(10)6(9(11,12)13)15-8(16)14-4/h2-3H,1H3/i1D. The molecule has 18 heavy (non-hydrogen) atoms. The van der Waals surface area contributed by atoms with Crippen LogP contribution in [0.15, 0.2) is 21.5 Å². The van der Waals surface area contributed by atoms with Crippen molar-refractivity contribution in [2.75, 3.05) is 7.09 Å². The van der Waals surface area contributed by atoms with Crippen molar-refractivity contribution in [3.05, 3.63) is 32.8 Å². The van der Waals surface area contributed by atoms with E-state index in [1.54, 1.807) is 0 Å². The average Bonchev–Trinajstić information content (AvgIpc) is 2.32. The molecule has 2 heterocycles. The van der Waals surface area contributed by atoms with Crippen molar-refractivity contribution < 1.29 is 19.3 Å². The van der Waals surface area contributed by atoms with E-state index in [0.29, 0.717) is 0 Å². The zero-order valence-electron chi connectivity index (χ0n) is 9.53. The number of aromatic nitrogens is 3. The first-order valence-electron chi connectivity index (χ1n) is 5.13. The first-order chi connectivity index (χ1) is 8.84. The number of hydrogen-bond acceptors (Lipinski definition) is 4. The minimum atomic E-state index is -4.78. The molecule has 0 radical (unpaired) electrons. The van der Waals surface area contributed by atoms with Crippen molar-refractivity contribution in [3.63, 3.8) is 0 Å². The molecule has 0 atom stereocenters. The first kappa shape index (κ1) is 11.5. The van der Waals surface area contributed by atoms with Gasteiger partial charge in [0, 0.05) is 12.3 Å². The van der Waals surface area contributed by atoms with Crippen molar-refractivity contribution in [2.24, 2.45) is 0 Å². The van der Waals surface area contributed by atoms with E-state index in [0.717, 1.165) is 4.40 Å². The summed E-state index contributed by atoms with van der Waals surface area (Å²) in [6.45, 7) is 0. The normalized spacial score (nSPS) is 12.6. The molecule has 0 aliphatic rings. The molecule has 0 fully saturated rings. The molecule has 0 aliphatic heterocycles. The van der Waals surface area contributed by atoms with Crippen LogP contribution in [0.3, 0.4) is 0 Å². The number of methoxy groups -OCH3 is 1. The van der Waals surface area contributed by atoms with E-state index in [9.17, 15) is 18.0 Å². The maximum atomic E-state index is 12.7. The van der Waals surface area contributed by atoms with Crippen molar-refractivity contribution in [1.29, 1.82) is 0 Å². The lowest BCUT2D eigenvalue weighted by Crippen LogP contribution is -2.23. The van der Waals surface area contributed by atoms with Gasteiger partial charge in [-0.2, -0.15) is 18.2 Å². The van der Waals surface area contributed by atoms with Crippen LogP contribution in [0, 0.1) is 0 Å². The lowest BCUT2D eigenvalue weighted by Gasteiger charge is -2.09. The molecule has 96 valence electrons. The fourth-order valence-electron chi connectivity index (χ4n) is 1.26. The number of nitrogens with zero attached hydrogens (tertiary/aromatic N) is 3. The van der Waals surface area contributed by atoms with Crippen molar-refractivity contribution in [1.82, 2.24) is 14.4 Å². The number of hydrogen-bond donors (Lipinski definition) is 0. The second kappa shape index (κ2) is 4.23. The monoisotopic (exact) mass is 324 g/mol. The molecule has 2 rings (SSSR count). The molecule has 9 heteroatoms. The van der Waals surface area contributed by atoms with Gasteiger partial charge in [-0.05, 0) is 15.9 Å². The van der Waals surface area contributed by atoms with E-state index in [1.807, 2.05) is 0 Å². The Kier molecular flexibility index (Phi) is 2.69. The number of ether oxygens (including phenoxy) is 1. The highest BCUT2D eigenvalue weighted by molar-refractivity contribution is 9.10. The van der Waals surface area contributed by atoms with E-state index in [4.69, 9.17) is 6.11 Å². The minimum absolute atomic E-state index is 0.0858. The summed E-state index contributed by atoms with van der Waals surface area (Å²) >= 11 is 2.58. The summed E-state index contributed by atoms with van der Waals surface area (Å²) in [7, 11) is -0.448. The molecule has 2 aromatic heterocycles. The predicted octanol–water partition coefficient (Wildman–Crippen LogP) is 1.88. The van der Waals surface area contributed by atoms with Gasteiger partial charge in [0.15, 0.2) is 5.69 Å². The zero-order valence-corrected chi connectivity index (χ0v) is 10.1. The molecule has 0 saturated carbocycles. The number of alkyl halides is 3. The second-order valence-electron chi connectivity index (χ2n) is 3.16. The third-order valence-electron chi connectivity index (χ3n) is 2.03. The number of halogens is 4. The summed E-state index contributed by atoms with van der Waals surface area (Å²) in [6.07, 6.45) is -3.60. The van der Waals surface area contributed by atoms with Gasteiger partial charge in [-0.1, -0.05) is 0 Å². The highest BCUT2D eigenvalue weighted by Gasteiger charge is 2.37. The van der Waals surface area contributed by atoms with Gasteiger partial charge < -0.3 is 4.74 Å². The van der Waals surface area contributed by atoms with Crippen LogP contribution in [-0.4, -0.2) is 21.5 Å². The number of fused-ring (bicyclic) bond motifs is 1. The van der Waals surface area contributed by atoms with Gasteiger partial charge in [-0.3, -0.25) is 9.20 Å². The van der Waals surface area contributed by atoms with Crippen LogP contribution in [-0.2, 0) is 6.18 Å². The van der Waals surface area contributed by atoms with Crippen LogP contribution in [0.2, 0.25) is 0 Å². The molecule has 0 aliphatic carbocycles. The molecule has 0 bridgehead atoms. The van der Waals surface area contributed by atoms with Crippen LogP contribution in [0.5, 0.6) is 5.88 Å². The lowest BCUT2D eigenvalue weighted by atomic mass is 10.4. The van der Waals surface area contributed by atoms with Gasteiger partial charge in [-0.15, -0.1) is 0 Å². The Morgan fingerprint density at radius 1 is 1.50 bits per heavy atom. The second-order valence-corrected chi connectivity index (χ2v) is 3.95. The van der Waals surface area contributed by atoms with Crippen molar-refractivity contribution in [2.45, 2.75) is 6.18 Å². The van der Waals surface area contributed by atoms with Crippen LogP contribution in [0.25, 0.3) is 5.78 Å². The van der Waals surface area contributed by atoms with Crippen LogP contribution >= 0.6 is 15.9 Å². The topological polar surface area (TPSA) is 56.5 Å². The smallest absolute Gasteiger partial charge is 0.434 e. The van der Waals surface area contributed by atoms with Crippen molar-refractivity contribution >= 4 is 21.7 Å². The molecule has 5 nitrogen and oxygen atoms in total. The minimum Gasteiger partial charge on any atom is -0.481 e. The summed E-state index contributed by atoms with van der Waals surface area (Å²) in [5.41, 5.74) is -2.28. The fourth-order valence-corrected chi connectivity index (χ4v) is 1.76. The van der Waals surface area contributed by atoms with E-state index in [2.05, 4.69) is 25.9 Å². The summed E-state index contributed by atoms with van der Waals surface area (Å²) in [6, 6.07) is 1.25. The van der Waals surface area contributed by atoms with Gasteiger partial charge in [0.1, 0.15) is 4.47 Å². The lowest BCUT2D eigenvalue weighted by molar-refractivity contribution is -0.141. The largest absolute Gasteiger partial charge is 0.481 e. The Hall–Kier alpha value is -1.64. The number of rotatable bonds is 1. The van der Waals surface area contributed by atoms with Gasteiger partial charge in [0.05, 0.1) is 8.46 Å². The zero-order chi connectivity index (χ0) is 14.2. The first-order valence-corrected chi connectivity index (χ1v) is 5.22. The van der Waals surface area contributed by atoms with Crippen LogP contribution in [0.1, 0.15) is 7.06 Å². The highest BCUT2D eigenvalue weighted by atomic mass is 79.9. The summed E-state index contributed by atoms with van der Waals surface area (Å²) in [5.74, 6) is -0.538. The molecular formula is C9H5BrF3N3O2. The Bertz CT molecular complexity index is 689. The highest BCUT2D eigenvalue weighted by Crippen LogP contribution is 2.31. The van der Waals surface area contributed by atoms with Gasteiger partial charge in [0.2, 0.25) is 11.7 Å². The molecule has 0 saturated heterocycles. The maximum Gasteiger partial charge on any atom is 0.434 e. The predicted molar refractivity (Wildman–Crippen MR) is 58.5 cm³/mol. The quantitative estimate of drug-likeness (QED) is 0.803. The molecule has 2 aromatic rings. The molecule has 0 aromatic carbocycles. The van der Waals surface area contributed by atoms with E-state index in [-0.39, 0.29) is 5.88 Å². The summed E-state index contributed by atoms with van der Waals surface area (Å²) in [4.78, 5) is 18.6. The SMILES string of the molecule is [2H]COc1ccn2c(=O)c(Br)c(C(F)(F)F)nc2n1. The van der Waals surface area contributed by atoms with E-state index >= 15 is 0 Å². The Labute approximate surface area is 108 Å². The van der Waals surface area contributed by atoms with Crippen molar-refractivity contribution in [3.8, 4) is 5.88 Å². The maximum absolute atomic E-state index is 12.7. The third-order valence-corrected chi connectivity index (χ3v) is 2.75. The Morgan fingerprint density at radius 2 is 2.22 bits per heavy atom. The molecule has 0 amide bonds. The molecule has 0 spiro atoms. The Balaban J connectivity index is 2.75. The molecule has 0 unspecified atom stereocenters. The van der Waals surface area contributed by atoms with Gasteiger partial charge >= 0.3 is 6.18 Å². The third kappa shape index (κ3) is 2.05. The summed E-state index contributed by atoms with van der Waals surface area (Å²) in [5, 5.41) is 0. The average molecular weight is 325 g/mol. The Morgan fingerprint density at radius 3 is 2.83 bits per heavy atom. The van der Waals surface area contributed by atoms with Gasteiger partial charge in [0.25, 0.3) is 5.56 Å². The fraction of sp³-hybridized carbons (Fsp3) is 0.222. The van der Waals surface area contributed by atoms with Gasteiger partial charge in [-0.25, -0.2) is 4.98 Å². The van der Waals surface area contributed by atoms with E-state index in [1.165, 1.54) is 12.3 Å². The summed E-state index contributed by atoms with van der Waals surface area (Å²) < 4.78 is 49.7. The molecular weight excluding hydrogens is 319 g/mol. The molecule has 0 N–H and O–H groups in total. The van der Waals surface area contributed by atoms with Crippen LogP contribution < -0.4 is 10.3 Å².